The van der Waals surface area contributed by atoms with Crippen molar-refractivity contribution in [1.82, 2.24) is 9.55 Å². The number of nitrogens with zero attached hydrogens (tertiary/aromatic N) is 3. The van der Waals surface area contributed by atoms with Crippen molar-refractivity contribution in [1.29, 1.82) is 0 Å². The van der Waals surface area contributed by atoms with Crippen LogP contribution in [0.1, 0.15) is 24.7 Å². The molecule has 2 aromatic carbocycles. The van der Waals surface area contributed by atoms with Crippen molar-refractivity contribution in [2.24, 2.45) is 0 Å². The second-order valence-electron chi connectivity index (χ2n) is 6.27. The lowest BCUT2D eigenvalue weighted by atomic mass is 10.1. The third-order valence-electron chi connectivity index (χ3n) is 4.46. The summed E-state index contributed by atoms with van der Waals surface area (Å²) in [4.78, 5) is 27.3. The highest BCUT2D eigenvalue weighted by Gasteiger charge is 2.16. The number of nitrogens with one attached hydrogen (secondary N) is 1. The van der Waals surface area contributed by atoms with Crippen LogP contribution in [-0.4, -0.2) is 34.1 Å². The summed E-state index contributed by atoms with van der Waals surface area (Å²) < 4.78 is 7.00. The van der Waals surface area contributed by atoms with Gasteiger partial charge in [0.25, 0.3) is 5.69 Å². The second kappa shape index (κ2) is 8.51. The number of esters is 1. The molecule has 0 bridgehead atoms. The molecule has 0 saturated heterocycles. The number of para-hydroxylation sites is 2. The van der Waals surface area contributed by atoms with E-state index in [4.69, 9.17) is 4.74 Å². The predicted octanol–water partition coefficient (Wildman–Crippen LogP) is 3.53. The van der Waals surface area contributed by atoms with Crippen LogP contribution in [0.2, 0.25) is 0 Å². The molecular weight excluding hydrogens is 360 g/mol. The summed E-state index contributed by atoms with van der Waals surface area (Å²) in [6.07, 6.45) is 0.667. The number of benzene rings is 2. The van der Waals surface area contributed by atoms with Crippen LogP contribution >= 0.6 is 0 Å². The number of ether oxygens (including phenoxy) is 1. The molecule has 0 aliphatic rings. The summed E-state index contributed by atoms with van der Waals surface area (Å²) in [5.74, 6) is 0.477. The van der Waals surface area contributed by atoms with E-state index in [1.807, 2.05) is 34.9 Å². The van der Waals surface area contributed by atoms with Gasteiger partial charge in [0, 0.05) is 26.1 Å². The van der Waals surface area contributed by atoms with Crippen molar-refractivity contribution in [3.63, 3.8) is 0 Å². The first-order valence-corrected chi connectivity index (χ1v) is 9.08. The largest absolute Gasteiger partial charge is 0.466 e. The SMILES string of the molecule is CCOC(=O)CCc1nc2ccccc2n1Cc1ccc(NC)c([N+](=O)[O-])c1. The Morgan fingerprint density at radius 1 is 1.29 bits per heavy atom. The highest BCUT2D eigenvalue weighted by atomic mass is 16.6. The molecule has 3 aromatic rings. The number of aromatic nitrogens is 2. The molecule has 146 valence electrons. The van der Waals surface area contributed by atoms with E-state index in [2.05, 4.69) is 10.3 Å². The van der Waals surface area contributed by atoms with Gasteiger partial charge in [0.1, 0.15) is 11.5 Å². The van der Waals surface area contributed by atoms with Crippen molar-refractivity contribution in [2.45, 2.75) is 26.3 Å². The molecule has 0 spiro atoms. The van der Waals surface area contributed by atoms with E-state index in [0.29, 0.717) is 25.3 Å². The third-order valence-corrected chi connectivity index (χ3v) is 4.46. The van der Waals surface area contributed by atoms with Gasteiger partial charge in [0.2, 0.25) is 0 Å². The zero-order chi connectivity index (χ0) is 20.1. The topological polar surface area (TPSA) is 99.3 Å². The van der Waals surface area contributed by atoms with E-state index in [9.17, 15) is 14.9 Å². The van der Waals surface area contributed by atoms with E-state index in [0.717, 1.165) is 22.4 Å². The Morgan fingerprint density at radius 3 is 2.79 bits per heavy atom. The summed E-state index contributed by atoms with van der Waals surface area (Å²) in [6, 6.07) is 12.8. The minimum Gasteiger partial charge on any atom is -0.466 e. The van der Waals surface area contributed by atoms with Crippen LogP contribution in [0, 0.1) is 10.1 Å². The van der Waals surface area contributed by atoms with Crippen LogP contribution in [0.25, 0.3) is 11.0 Å². The molecule has 8 heteroatoms. The van der Waals surface area contributed by atoms with E-state index in [1.54, 1.807) is 26.1 Å². The lowest BCUT2D eigenvalue weighted by Gasteiger charge is -2.11. The van der Waals surface area contributed by atoms with Crippen molar-refractivity contribution >= 4 is 28.4 Å². The maximum Gasteiger partial charge on any atom is 0.306 e. The van der Waals surface area contributed by atoms with Crippen molar-refractivity contribution < 1.29 is 14.5 Å². The third kappa shape index (κ3) is 4.11. The van der Waals surface area contributed by atoms with Crippen molar-refractivity contribution in [3.8, 4) is 0 Å². The van der Waals surface area contributed by atoms with Gasteiger partial charge in [-0.25, -0.2) is 4.98 Å². The Hall–Kier alpha value is -3.42. The monoisotopic (exact) mass is 382 g/mol. The number of nitro benzene ring substituents is 1. The Kier molecular flexibility index (Phi) is 5.88. The Labute approximate surface area is 162 Å². The van der Waals surface area contributed by atoms with E-state index in [-0.39, 0.29) is 18.1 Å². The van der Waals surface area contributed by atoms with Crippen LogP contribution in [0.4, 0.5) is 11.4 Å². The van der Waals surface area contributed by atoms with Crippen LogP contribution in [0.3, 0.4) is 0 Å². The van der Waals surface area contributed by atoms with Gasteiger partial charge in [-0.1, -0.05) is 18.2 Å². The number of carbonyl (C=O) groups excluding carboxylic acids is 1. The van der Waals surface area contributed by atoms with Gasteiger partial charge < -0.3 is 14.6 Å². The van der Waals surface area contributed by atoms with Gasteiger partial charge in [0.15, 0.2) is 0 Å². The Morgan fingerprint density at radius 2 is 2.07 bits per heavy atom. The predicted molar refractivity (Wildman–Crippen MR) is 106 cm³/mol. The second-order valence-corrected chi connectivity index (χ2v) is 6.27. The molecule has 0 amide bonds. The smallest absolute Gasteiger partial charge is 0.306 e. The number of nitro groups is 1. The molecule has 0 atom stereocenters. The van der Waals surface area contributed by atoms with E-state index < -0.39 is 4.92 Å². The minimum atomic E-state index is -0.400. The fourth-order valence-electron chi connectivity index (χ4n) is 3.16. The van der Waals surface area contributed by atoms with Crippen molar-refractivity contribution in [2.75, 3.05) is 19.0 Å². The number of imidazole rings is 1. The summed E-state index contributed by atoms with van der Waals surface area (Å²) in [6.45, 7) is 2.54. The minimum absolute atomic E-state index is 0.0255. The van der Waals surface area contributed by atoms with Crippen LogP contribution in [0.5, 0.6) is 0 Å². The highest BCUT2D eigenvalue weighted by Crippen LogP contribution is 2.27. The van der Waals surface area contributed by atoms with E-state index in [1.165, 1.54) is 0 Å². The number of hydrogen-bond acceptors (Lipinski definition) is 6. The van der Waals surface area contributed by atoms with Gasteiger partial charge in [-0.3, -0.25) is 14.9 Å². The molecule has 0 aliphatic carbocycles. The van der Waals surface area contributed by atoms with Gasteiger partial charge in [-0.2, -0.15) is 0 Å². The van der Waals surface area contributed by atoms with Gasteiger partial charge in [-0.15, -0.1) is 0 Å². The molecule has 8 nitrogen and oxygen atoms in total. The summed E-state index contributed by atoms with van der Waals surface area (Å²) in [7, 11) is 1.65. The fraction of sp³-hybridized carbons (Fsp3) is 0.300. The molecule has 0 fully saturated rings. The van der Waals surface area contributed by atoms with Gasteiger partial charge >= 0.3 is 5.97 Å². The number of fused-ring (bicyclic) bond motifs is 1. The lowest BCUT2D eigenvalue weighted by Crippen LogP contribution is -2.10. The fourth-order valence-corrected chi connectivity index (χ4v) is 3.16. The number of aryl methyl sites for hydroxylation is 1. The van der Waals surface area contributed by atoms with Gasteiger partial charge in [0.05, 0.1) is 29.0 Å². The molecule has 0 unspecified atom stereocenters. The normalized spacial score (nSPS) is 10.8. The molecule has 1 aromatic heterocycles. The molecule has 3 rings (SSSR count). The number of anilines is 1. The zero-order valence-electron chi connectivity index (χ0n) is 15.8. The molecule has 1 N–H and O–H groups in total. The number of hydrogen-bond donors (Lipinski definition) is 1. The van der Waals surface area contributed by atoms with Crippen LogP contribution in [-0.2, 0) is 22.5 Å². The molecule has 28 heavy (non-hydrogen) atoms. The molecule has 0 aliphatic heterocycles. The first-order valence-electron chi connectivity index (χ1n) is 9.08. The summed E-state index contributed by atoms with van der Waals surface area (Å²) >= 11 is 0. The zero-order valence-corrected chi connectivity index (χ0v) is 15.8. The van der Waals surface area contributed by atoms with Crippen LogP contribution in [0.15, 0.2) is 42.5 Å². The number of rotatable bonds is 8. The maximum absolute atomic E-state index is 11.8. The van der Waals surface area contributed by atoms with Gasteiger partial charge in [-0.05, 0) is 30.7 Å². The summed E-state index contributed by atoms with van der Waals surface area (Å²) in [5.41, 5.74) is 3.01. The molecule has 0 radical (unpaired) electrons. The standard InChI is InChI=1S/C20H22N4O4/c1-3-28-20(25)11-10-19-22-16-6-4-5-7-17(16)23(19)13-14-8-9-15(21-2)18(12-14)24(26)27/h4-9,12,21H,3,10-11,13H2,1-2H3. The maximum atomic E-state index is 11.8. The molecule has 0 saturated carbocycles. The first-order chi connectivity index (χ1) is 13.5. The van der Waals surface area contributed by atoms with E-state index >= 15 is 0 Å². The van der Waals surface area contributed by atoms with Crippen LogP contribution < -0.4 is 5.32 Å². The summed E-state index contributed by atoms with van der Waals surface area (Å²) in [5, 5.41) is 14.2. The average molecular weight is 382 g/mol. The first kappa shape index (κ1) is 19.3. The average Bonchev–Trinajstić information content (AvgIpc) is 3.04. The molecule has 1 heterocycles. The lowest BCUT2D eigenvalue weighted by molar-refractivity contribution is -0.384. The Balaban J connectivity index is 1.95. The quantitative estimate of drug-likeness (QED) is 0.363. The number of carbonyl (C=O) groups is 1. The molecular formula is C20H22N4O4. The van der Waals surface area contributed by atoms with Crippen molar-refractivity contribution in [3.05, 3.63) is 64.0 Å². The highest BCUT2D eigenvalue weighted by molar-refractivity contribution is 5.76. The Bertz CT molecular complexity index is 1010.